The number of ether oxygens (including phenoxy) is 2. The van der Waals surface area contributed by atoms with Gasteiger partial charge in [-0.15, -0.1) is 0 Å². The first-order chi connectivity index (χ1) is 17.7. The summed E-state index contributed by atoms with van der Waals surface area (Å²) in [6.07, 6.45) is 1.54. The van der Waals surface area contributed by atoms with E-state index in [0.717, 1.165) is 10.0 Å². The molecular formula is C27H24Br2N4O4. The molecule has 0 radical (unpaired) electrons. The van der Waals surface area contributed by atoms with Crippen molar-refractivity contribution in [1.29, 1.82) is 0 Å². The Kier molecular flexibility index (Phi) is 8.40. The molecule has 37 heavy (non-hydrogen) atoms. The minimum atomic E-state index is -0.293. The van der Waals surface area contributed by atoms with Crippen molar-refractivity contribution in [3.8, 4) is 11.5 Å². The molecule has 10 heteroatoms. The van der Waals surface area contributed by atoms with Gasteiger partial charge in [0.25, 0.3) is 11.5 Å². The topological polar surface area (TPSA) is 94.8 Å². The van der Waals surface area contributed by atoms with E-state index in [1.165, 1.54) is 4.68 Å². The van der Waals surface area contributed by atoms with Gasteiger partial charge in [-0.2, -0.15) is 9.78 Å². The summed E-state index contributed by atoms with van der Waals surface area (Å²) in [5.41, 5.74) is 2.78. The van der Waals surface area contributed by atoms with Crippen LogP contribution in [0.1, 0.15) is 23.9 Å². The second-order valence-corrected chi connectivity index (χ2v) is 9.91. The van der Waals surface area contributed by atoms with Crippen molar-refractivity contribution < 1.29 is 14.3 Å². The van der Waals surface area contributed by atoms with Gasteiger partial charge in [-0.05, 0) is 79.2 Å². The van der Waals surface area contributed by atoms with E-state index in [0.29, 0.717) is 50.6 Å². The van der Waals surface area contributed by atoms with E-state index in [2.05, 4.69) is 47.3 Å². The number of hydrogen-bond donors (Lipinski definition) is 1. The summed E-state index contributed by atoms with van der Waals surface area (Å²) in [5.74, 6) is 1.01. The number of nitrogens with one attached hydrogen (secondary N) is 1. The number of benzene rings is 3. The average molecular weight is 628 g/mol. The van der Waals surface area contributed by atoms with E-state index in [1.54, 1.807) is 37.4 Å². The molecule has 0 saturated heterocycles. The number of rotatable bonds is 8. The van der Waals surface area contributed by atoms with Crippen LogP contribution in [-0.4, -0.2) is 35.0 Å². The van der Waals surface area contributed by atoms with Crippen molar-refractivity contribution in [2.75, 3.05) is 18.5 Å². The Morgan fingerprint density at radius 2 is 1.78 bits per heavy atom. The highest BCUT2D eigenvalue weighted by Gasteiger charge is 2.13. The maximum absolute atomic E-state index is 13.0. The van der Waals surface area contributed by atoms with Crippen molar-refractivity contribution >= 4 is 60.6 Å². The highest BCUT2D eigenvalue weighted by atomic mass is 79.9. The third-order valence-electron chi connectivity index (χ3n) is 5.34. The van der Waals surface area contributed by atoms with E-state index in [-0.39, 0.29) is 18.1 Å². The van der Waals surface area contributed by atoms with E-state index in [9.17, 15) is 9.59 Å². The molecule has 0 unspecified atom stereocenters. The molecule has 0 bridgehead atoms. The Bertz CT molecular complexity index is 1550. The largest absolute Gasteiger partial charge is 0.490 e. The predicted molar refractivity (Wildman–Crippen MR) is 152 cm³/mol. The molecule has 0 saturated carbocycles. The van der Waals surface area contributed by atoms with Gasteiger partial charge >= 0.3 is 0 Å². The first-order valence-corrected chi connectivity index (χ1v) is 13.0. The lowest BCUT2D eigenvalue weighted by molar-refractivity contribution is -0.118. The first kappa shape index (κ1) is 26.6. The Morgan fingerprint density at radius 1 is 1.05 bits per heavy atom. The standard InChI is InChI=1S/C27H24Br2N4O4/c1-4-36-24-11-18(14-30-33-17(3)31-23-10-7-19(28)12-21(23)27(33)35)22(29)13-25(24)37-15-26(34)32-20-8-5-16(2)6-9-20/h5-14H,4,15H2,1-3H3,(H,32,34). The quantitative estimate of drug-likeness (QED) is 0.248. The molecule has 3 aromatic carbocycles. The molecule has 8 nitrogen and oxygen atoms in total. The van der Waals surface area contributed by atoms with E-state index < -0.39 is 0 Å². The van der Waals surface area contributed by atoms with Crippen LogP contribution < -0.4 is 20.3 Å². The van der Waals surface area contributed by atoms with Crippen LogP contribution >= 0.6 is 31.9 Å². The number of carbonyl (C=O) groups is 1. The summed E-state index contributed by atoms with van der Waals surface area (Å²) in [7, 11) is 0. The summed E-state index contributed by atoms with van der Waals surface area (Å²) in [5, 5.41) is 7.65. The van der Waals surface area contributed by atoms with Gasteiger partial charge in [-0.25, -0.2) is 4.98 Å². The summed E-state index contributed by atoms with van der Waals surface area (Å²) < 4.78 is 14.2. The Morgan fingerprint density at radius 3 is 2.51 bits per heavy atom. The van der Waals surface area contributed by atoms with E-state index in [1.807, 2.05) is 44.2 Å². The lowest BCUT2D eigenvalue weighted by atomic mass is 10.2. The predicted octanol–water partition coefficient (Wildman–Crippen LogP) is 5.84. The van der Waals surface area contributed by atoms with Gasteiger partial charge in [-0.3, -0.25) is 9.59 Å². The van der Waals surface area contributed by atoms with Gasteiger partial charge in [-0.1, -0.05) is 33.6 Å². The molecule has 1 amide bonds. The van der Waals surface area contributed by atoms with Crippen LogP contribution in [0.25, 0.3) is 10.9 Å². The van der Waals surface area contributed by atoms with Crippen LogP contribution in [0.3, 0.4) is 0 Å². The zero-order valence-electron chi connectivity index (χ0n) is 20.4. The van der Waals surface area contributed by atoms with Gasteiger partial charge in [0.05, 0.1) is 23.7 Å². The Balaban J connectivity index is 1.56. The van der Waals surface area contributed by atoms with Crippen LogP contribution in [0.15, 0.2) is 73.4 Å². The van der Waals surface area contributed by atoms with E-state index >= 15 is 0 Å². The number of hydrogen-bond acceptors (Lipinski definition) is 6. The molecule has 0 fully saturated rings. The van der Waals surface area contributed by atoms with Gasteiger partial charge in [0, 0.05) is 20.2 Å². The van der Waals surface area contributed by atoms with Crippen molar-refractivity contribution in [1.82, 2.24) is 9.66 Å². The second-order valence-electron chi connectivity index (χ2n) is 8.14. The normalized spacial score (nSPS) is 11.2. The minimum Gasteiger partial charge on any atom is -0.490 e. The third-order valence-corrected chi connectivity index (χ3v) is 6.52. The summed E-state index contributed by atoms with van der Waals surface area (Å²) in [6.45, 7) is 5.76. The van der Waals surface area contributed by atoms with Crippen LogP contribution in [-0.2, 0) is 4.79 Å². The van der Waals surface area contributed by atoms with Crippen LogP contribution in [0.4, 0.5) is 5.69 Å². The summed E-state index contributed by atoms with van der Waals surface area (Å²) in [4.78, 5) is 29.9. The number of carbonyl (C=O) groups excluding carboxylic acids is 1. The molecule has 0 spiro atoms. The van der Waals surface area contributed by atoms with Crippen molar-refractivity contribution in [3.63, 3.8) is 0 Å². The molecule has 0 aliphatic heterocycles. The fraction of sp³-hybridized carbons (Fsp3) is 0.185. The molecule has 4 rings (SSSR count). The average Bonchev–Trinajstić information content (AvgIpc) is 2.86. The minimum absolute atomic E-state index is 0.194. The third kappa shape index (κ3) is 6.44. The fourth-order valence-corrected chi connectivity index (χ4v) is 4.31. The molecule has 1 heterocycles. The molecule has 0 aliphatic rings. The van der Waals surface area contributed by atoms with Gasteiger partial charge < -0.3 is 14.8 Å². The van der Waals surface area contributed by atoms with E-state index in [4.69, 9.17) is 9.47 Å². The SMILES string of the molecule is CCOc1cc(C=Nn2c(C)nc3ccc(Br)cc3c2=O)c(Br)cc1OCC(=O)Nc1ccc(C)cc1. The van der Waals surface area contributed by atoms with Gasteiger partial charge in [0.1, 0.15) is 5.82 Å². The van der Waals surface area contributed by atoms with Crippen molar-refractivity contribution in [3.05, 3.63) is 90.8 Å². The van der Waals surface area contributed by atoms with Crippen LogP contribution in [0.2, 0.25) is 0 Å². The number of fused-ring (bicyclic) bond motifs is 1. The van der Waals surface area contributed by atoms with Crippen LogP contribution in [0.5, 0.6) is 11.5 Å². The molecule has 190 valence electrons. The lowest BCUT2D eigenvalue weighted by Crippen LogP contribution is -2.21. The zero-order valence-corrected chi connectivity index (χ0v) is 23.6. The number of aryl methyl sites for hydroxylation is 2. The monoisotopic (exact) mass is 626 g/mol. The number of aromatic nitrogens is 2. The number of amides is 1. The zero-order chi connectivity index (χ0) is 26.5. The highest BCUT2D eigenvalue weighted by Crippen LogP contribution is 2.33. The maximum Gasteiger partial charge on any atom is 0.282 e. The number of halogens is 2. The molecule has 1 N–H and O–H groups in total. The second kappa shape index (κ2) is 11.7. The Hall–Kier alpha value is -3.50. The fourth-order valence-electron chi connectivity index (χ4n) is 3.52. The molecule has 0 atom stereocenters. The molecule has 0 aliphatic carbocycles. The van der Waals surface area contributed by atoms with Crippen LogP contribution in [0, 0.1) is 13.8 Å². The molecule has 4 aromatic rings. The first-order valence-electron chi connectivity index (χ1n) is 11.4. The maximum atomic E-state index is 13.0. The smallest absolute Gasteiger partial charge is 0.282 e. The van der Waals surface area contributed by atoms with Gasteiger partial charge in [0.15, 0.2) is 18.1 Å². The number of nitrogens with zero attached hydrogens (tertiary/aromatic N) is 3. The number of anilines is 1. The van der Waals surface area contributed by atoms with Gasteiger partial charge in [0.2, 0.25) is 0 Å². The lowest BCUT2D eigenvalue weighted by Gasteiger charge is -2.14. The van der Waals surface area contributed by atoms with Crippen molar-refractivity contribution in [2.24, 2.45) is 5.10 Å². The summed E-state index contributed by atoms with van der Waals surface area (Å²) in [6, 6.07) is 16.3. The molecule has 1 aromatic heterocycles. The summed E-state index contributed by atoms with van der Waals surface area (Å²) >= 11 is 6.92. The molecular weight excluding hydrogens is 604 g/mol. The highest BCUT2D eigenvalue weighted by molar-refractivity contribution is 9.10. The Labute approximate surface area is 230 Å². The van der Waals surface area contributed by atoms with Crippen molar-refractivity contribution in [2.45, 2.75) is 20.8 Å².